The second-order valence-electron chi connectivity index (χ2n) is 4.45. The standard InChI is InChI=1S/C15H13ClFNO2/c16-11-2-1-10(13(17)7-11)9-18-12-3-4-14-15(8-12)20-6-5-19-14/h1-4,7-8,18H,5-6,9H2. The van der Waals surface area contributed by atoms with Crippen molar-refractivity contribution >= 4 is 17.3 Å². The molecule has 1 N–H and O–H groups in total. The van der Waals surface area contributed by atoms with Gasteiger partial charge in [0.25, 0.3) is 0 Å². The molecule has 3 nitrogen and oxygen atoms in total. The Morgan fingerprint density at radius 2 is 1.85 bits per heavy atom. The van der Waals surface area contributed by atoms with Gasteiger partial charge < -0.3 is 14.8 Å². The van der Waals surface area contributed by atoms with E-state index in [1.807, 2.05) is 18.2 Å². The molecule has 0 amide bonds. The van der Waals surface area contributed by atoms with Gasteiger partial charge in [-0.05, 0) is 24.3 Å². The second kappa shape index (κ2) is 5.59. The normalized spacial score (nSPS) is 13.1. The van der Waals surface area contributed by atoms with Crippen LogP contribution in [0.2, 0.25) is 5.02 Å². The average Bonchev–Trinajstić information content (AvgIpc) is 2.46. The topological polar surface area (TPSA) is 30.5 Å². The Bertz CT molecular complexity index is 633. The molecule has 3 rings (SSSR count). The van der Waals surface area contributed by atoms with Crippen LogP contribution in [0, 0.1) is 5.82 Å². The van der Waals surface area contributed by atoms with Crippen LogP contribution in [-0.4, -0.2) is 13.2 Å². The molecule has 0 aliphatic carbocycles. The van der Waals surface area contributed by atoms with E-state index in [-0.39, 0.29) is 5.82 Å². The molecule has 2 aromatic carbocycles. The van der Waals surface area contributed by atoms with Crippen molar-refractivity contribution in [3.05, 3.63) is 52.8 Å². The minimum Gasteiger partial charge on any atom is -0.486 e. The molecule has 1 heterocycles. The Balaban J connectivity index is 1.72. The van der Waals surface area contributed by atoms with E-state index in [2.05, 4.69) is 5.32 Å². The fourth-order valence-corrected chi connectivity index (χ4v) is 2.17. The first-order valence-electron chi connectivity index (χ1n) is 6.30. The lowest BCUT2D eigenvalue weighted by Gasteiger charge is -2.19. The third-order valence-corrected chi connectivity index (χ3v) is 3.28. The maximum absolute atomic E-state index is 13.7. The van der Waals surface area contributed by atoms with Crippen molar-refractivity contribution in [3.8, 4) is 11.5 Å². The van der Waals surface area contributed by atoms with Gasteiger partial charge in [-0.1, -0.05) is 17.7 Å². The monoisotopic (exact) mass is 293 g/mol. The van der Waals surface area contributed by atoms with Crippen LogP contribution >= 0.6 is 11.6 Å². The van der Waals surface area contributed by atoms with Crippen LogP contribution in [0.25, 0.3) is 0 Å². The summed E-state index contributed by atoms with van der Waals surface area (Å²) < 4.78 is 24.6. The van der Waals surface area contributed by atoms with Crippen LogP contribution in [0.1, 0.15) is 5.56 Å². The molecule has 20 heavy (non-hydrogen) atoms. The molecular formula is C15H13ClFNO2. The van der Waals surface area contributed by atoms with Crippen LogP contribution < -0.4 is 14.8 Å². The maximum atomic E-state index is 13.7. The zero-order valence-electron chi connectivity index (χ0n) is 10.7. The van der Waals surface area contributed by atoms with E-state index < -0.39 is 0 Å². The third kappa shape index (κ3) is 2.80. The molecule has 0 spiro atoms. The minimum absolute atomic E-state index is 0.317. The summed E-state index contributed by atoms with van der Waals surface area (Å²) in [6.45, 7) is 1.49. The van der Waals surface area contributed by atoms with E-state index in [1.54, 1.807) is 12.1 Å². The molecular weight excluding hydrogens is 281 g/mol. The summed E-state index contributed by atoms with van der Waals surface area (Å²) in [5.41, 5.74) is 1.41. The van der Waals surface area contributed by atoms with E-state index in [4.69, 9.17) is 21.1 Å². The van der Waals surface area contributed by atoms with Crippen molar-refractivity contribution in [1.29, 1.82) is 0 Å². The van der Waals surface area contributed by atoms with Crippen LogP contribution in [0.3, 0.4) is 0 Å². The van der Waals surface area contributed by atoms with Gasteiger partial charge in [0, 0.05) is 28.9 Å². The van der Waals surface area contributed by atoms with Gasteiger partial charge in [0.1, 0.15) is 19.0 Å². The Kier molecular flexibility index (Phi) is 3.65. The summed E-state index contributed by atoms with van der Waals surface area (Å²) in [6.07, 6.45) is 0. The highest BCUT2D eigenvalue weighted by Gasteiger charge is 2.11. The van der Waals surface area contributed by atoms with E-state index >= 15 is 0 Å². The molecule has 0 unspecified atom stereocenters. The molecule has 0 atom stereocenters. The van der Waals surface area contributed by atoms with Crippen LogP contribution in [-0.2, 0) is 6.54 Å². The lowest BCUT2D eigenvalue weighted by Crippen LogP contribution is -2.15. The Hall–Kier alpha value is -1.94. The molecule has 2 aromatic rings. The van der Waals surface area contributed by atoms with Gasteiger partial charge in [0.2, 0.25) is 0 Å². The number of benzene rings is 2. The van der Waals surface area contributed by atoms with Crippen molar-refractivity contribution in [2.45, 2.75) is 6.54 Å². The first kappa shape index (κ1) is 13.1. The van der Waals surface area contributed by atoms with Crippen LogP contribution in [0.4, 0.5) is 10.1 Å². The number of rotatable bonds is 3. The molecule has 1 aliphatic heterocycles. The van der Waals surface area contributed by atoms with Crippen LogP contribution in [0.15, 0.2) is 36.4 Å². The lowest BCUT2D eigenvalue weighted by atomic mass is 10.2. The zero-order chi connectivity index (χ0) is 13.9. The molecule has 5 heteroatoms. The summed E-state index contributed by atoms with van der Waals surface area (Å²) in [6, 6.07) is 10.2. The smallest absolute Gasteiger partial charge is 0.163 e. The Morgan fingerprint density at radius 3 is 2.65 bits per heavy atom. The van der Waals surface area contributed by atoms with Crippen molar-refractivity contribution in [2.75, 3.05) is 18.5 Å². The Morgan fingerprint density at radius 1 is 1.05 bits per heavy atom. The maximum Gasteiger partial charge on any atom is 0.163 e. The summed E-state index contributed by atoms with van der Waals surface area (Å²) in [5, 5.41) is 3.55. The minimum atomic E-state index is -0.317. The fourth-order valence-electron chi connectivity index (χ4n) is 2.02. The predicted octanol–water partition coefficient (Wildman–Crippen LogP) is 3.86. The zero-order valence-corrected chi connectivity index (χ0v) is 11.4. The molecule has 0 radical (unpaired) electrons. The first-order chi connectivity index (χ1) is 9.72. The van der Waals surface area contributed by atoms with Crippen molar-refractivity contribution in [3.63, 3.8) is 0 Å². The summed E-state index contributed by atoms with van der Waals surface area (Å²) >= 11 is 5.72. The summed E-state index contributed by atoms with van der Waals surface area (Å²) in [5.74, 6) is 1.12. The molecule has 0 bridgehead atoms. The quantitative estimate of drug-likeness (QED) is 0.932. The predicted molar refractivity (Wildman–Crippen MR) is 76.2 cm³/mol. The third-order valence-electron chi connectivity index (χ3n) is 3.04. The van der Waals surface area contributed by atoms with Crippen molar-refractivity contribution in [2.24, 2.45) is 0 Å². The largest absolute Gasteiger partial charge is 0.486 e. The van der Waals surface area contributed by atoms with E-state index in [1.165, 1.54) is 6.07 Å². The van der Waals surface area contributed by atoms with Crippen molar-refractivity contribution in [1.82, 2.24) is 0 Å². The van der Waals surface area contributed by atoms with E-state index in [9.17, 15) is 4.39 Å². The summed E-state index contributed by atoms with van der Waals surface area (Å²) in [7, 11) is 0. The van der Waals surface area contributed by atoms with Crippen molar-refractivity contribution < 1.29 is 13.9 Å². The van der Waals surface area contributed by atoms with E-state index in [0.717, 1.165) is 11.4 Å². The fraction of sp³-hybridized carbons (Fsp3) is 0.200. The van der Waals surface area contributed by atoms with Gasteiger partial charge in [-0.3, -0.25) is 0 Å². The van der Waals surface area contributed by atoms with Crippen LogP contribution in [0.5, 0.6) is 11.5 Å². The number of anilines is 1. The SMILES string of the molecule is Fc1cc(Cl)ccc1CNc1ccc2c(c1)OCCO2. The van der Waals surface area contributed by atoms with Gasteiger partial charge in [-0.2, -0.15) is 0 Å². The van der Waals surface area contributed by atoms with Gasteiger partial charge >= 0.3 is 0 Å². The molecule has 0 fully saturated rings. The molecule has 104 valence electrons. The number of ether oxygens (including phenoxy) is 2. The Labute approximate surface area is 121 Å². The molecule has 1 aliphatic rings. The number of hydrogen-bond acceptors (Lipinski definition) is 3. The first-order valence-corrected chi connectivity index (χ1v) is 6.67. The second-order valence-corrected chi connectivity index (χ2v) is 4.88. The van der Waals surface area contributed by atoms with Gasteiger partial charge in [0.05, 0.1) is 0 Å². The highest BCUT2D eigenvalue weighted by molar-refractivity contribution is 6.30. The van der Waals surface area contributed by atoms with E-state index in [0.29, 0.717) is 36.1 Å². The average molecular weight is 294 g/mol. The molecule has 0 aromatic heterocycles. The number of nitrogens with one attached hydrogen (secondary N) is 1. The summed E-state index contributed by atoms with van der Waals surface area (Å²) in [4.78, 5) is 0. The molecule has 0 saturated carbocycles. The van der Waals surface area contributed by atoms with Gasteiger partial charge in [0.15, 0.2) is 11.5 Å². The molecule has 0 saturated heterocycles. The number of halogens is 2. The highest BCUT2D eigenvalue weighted by Crippen LogP contribution is 2.32. The van der Waals surface area contributed by atoms with Gasteiger partial charge in [-0.25, -0.2) is 4.39 Å². The number of hydrogen-bond donors (Lipinski definition) is 1. The highest BCUT2D eigenvalue weighted by atomic mass is 35.5. The van der Waals surface area contributed by atoms with Gasteiger partial charge in [-0.15, -0.1) is 0 Å². The lowest BCUT2D eigenvalue weighted by molar-refractivity contribution is 0.171. The number of fused-ring (bicyclic) bond motifs is 1.